The van der Waals surface area contributed by atoms with Gasteiger partial charge < -0.3 is 10.2 Å². The summed E-state index contributed by atoms with van der Waals surface area (Å²) in [7, 11) is 0. The van der Waals surface area contributed by atoms with Gasteiger partial charge in [0.1, 0.15) is 11.5 Å². The smallest absolute Gasteiger partial charge is 0.119 e. The molecule has 1 aliphatic rings. The van der Waals surface area contributed by atoms with Gasteiger partial charge in [0.15, 0.2) is 0 Å². The minimum absolute atomic E-state index is 0.105. The van der Waals surface area contributed by atoms with Crippen molar-refractivity contribution in [2.24, 2.45) is 0 Å². The van der Waals surface area contributed by atoms with Crippen LogP contribution in [0.4, 0.5) is 0 Å². The second kappa shape index (κ2) is 7.70. The predicted octanol–water partition coefficient (Wildman–Crippen LogP) is 7.11. The highest BCUT2D eigenvalue weighted by molar-refractivity contribution is 5.54. The van der Waals surface area contributed by atoms with Crippen molar-refractivity contribution in [1.82, 2.24) is 0 Å². The van der Waals surface area contributed by atoms with Gasteiger partial charge in [0, 0.05) is 5.92 Å². The lowest BCUT2D eigenvalue weighted by Gasteiger charge is -2.31. The first-order chi connectivity index (χ1) is 13.4. The molecule has 0 radical (unpaired) electrons. The highest BCUT2D eigenvalue weighted by Crippen LogP contribution is 2.44. The molecule has 0 aromatic heterocycles. The highest BCUT2D eigenvalue weighted by atomic mass is 16.3. The Hall–Kier alpha value is -1.96. The van der Waals surface area contributed by atoms with Crippen LogP contribution in [0.15, 0.2) is 24.3 Å². The minimum Gasteiger partial charge on any atom is -0.508 e. The van der Waals surface area contributed by atoms with Gasteiger partial charge in [-0.1, -0.05) is 67.0 Å². The average molecular weight is 395 g/mol. The molecule has 2 aromatic rings. The fraction of sp³-hybridized carbons (Fsp3) is 0.556. The summed E-state index contributed by atoms with van der Waals surface area (Å²) in [6, 6.07) is 8.58. The molecule has 0 fully saturated rings. The number of aryl methyl sites for hydroxylation is 2. The molecule has 29 heavy (non-hydrogen) atoms. The third kappa shape index (κ3) is 4.32. The number of benzene rings is 2. The lowest BCUT2D eigenvalue weighted by Crippen LogP contribution is -2.18. The van der Waals surface area contributed by atoms with Crippen LogP contribution in [0.1, 0.15) is 107 Å². The van der Waals surface area contributed by atoms with Crippen molar-refractivity contribution < 1.29 is 10.2 Å². The van der Waals surface area contributed by atoms with Crippen LogP contribution in [0.25, 0.3) is 0 Å². The van der Waals surface area contributed by atoms with Gasteiger partial charge in [-0.3, -0.25) is 0 Å². The first-order valence-electron chi connectivity index (χ1n) is 11.2. The summed E-state index contributed by atoms with van der Waals surface area (Å²) in [6.07, 6.45) is 5.13. The van der Waals surface area contributed by atoms with E-state index in [1.165, 1.54) is 22.3 Å². The van der Waals surface area contributed by atoms with Gasteiger partial charge in [0.25, 0.3) is 0 Å². The molecular weight excluding hydrogens is 356 g/mol. The fourth-order valence-electron chi connectivity index (χ4n) is 4.82. The summed E-state index contributed by atoms with van der Waals surface area (Å²) < 4.78 is 0. The van der Waals surface area contributed by atoms with Crippen molar-refractivity contribution in [3.05, 3.63) is 57.6 Å². The number of phenolic OH excluding ortho intramolecular Hbond substituents is 2. The van der Waals surface area contributed by atoms with E-state index in [-0.39, 0.29) is 10.8 Å². The monoisotopic (exact) mass is 394 g/mol. The van der Waals surface area contributed by atoms with Crippen molar-refractivity contribution >= 4 is 0 Å². The molecule has 0 amide bonds. The van der Waals surface area contributed by atoms with Crippen LogP contribution in [0, 0.1) is 0 Å². The average Bonchev–Trinajstić information content (AvgIpc) is 2.57. The summed E-state index contributed by atoms with van der Waals surface area (Å²) in [4.78, 5) is 0. The number of aromatic hydroxyl groups is 2. The zero-order valence-electron chi connectivity index (χ0n) is 19.3. The largest absolute Gasteiger partial charge is 0.508 e. The Morgan fingerprint density at radius 3 is 1.52 bits per heavy atom. The molecule has 0 unspecified atom stereocenters. The van der Waals surface area contributed by atoms with E-state index in [4.69, 9.17) is 0 Å². The van der Waals surface area contributed by atoms with Crippen molar-refractivity contribution in [2.75, 3.05) is 0 Å². The molecule has 3 rings (SSSR count). The van der Waals surface area contributed by atoms with Crippen molar-refractivity contribution in [1.29, 1.82) is 0 Å². The number of fused-ring (bicyclic) bond motifs is 2. The summed E-state index contributed by atoms with van der Waals surface area (Å²) in [6.45, 7) is 15.2. The van der Waals surface area contributed by atoms with Gasteiger partial charge in [-0.25, -0.2) is 0 Å². The number of rotatable bonds is 2. The number of hydrogen-bond acceptors (Lipinski definition) is 2. The molecule has 0 atom stereocenters. The van der Waals surface area contributed by atoms with E-state index in [9.17, 15) is 10.2 Å². The van der Waals surface area contributed by atoms with E-state index < -0.39 is 0 Å². The molecule has 0 heterocycles. The van der Waals surface area contributed by atoms with Crippen molar-refractivity contribution in [2.45, 2.75) is 97.3 Å². The van der Waals surface area contributed by atoms with Gasteiger partial charge >= 0.3 is 0 Å². The summed E-state index contributed by atoms with van der Waals surface area (Å²) in [5.41, 5.74) is 7.12. The molecule has 0 spiro atoms. The zero-order valence-corrected chi connectivity index (χ0v) is 19.3. The van der Waals surface area contributed by atoms with E-state index in [0.29, 0.717) is 17.4 Å². The SMILES string of the molecule is CCCC1c2cc(C(C)(C)C)c(O)cc2CCCc2cc(O)c(C(C)(C)C)cc21. The highest BCUT2D eigenvalue weighted by Gasteiger charge is 2.29. The quantitative estimate of drug-likeness (QED) is 0.569. The van der Waals surface area contributed by atoms with Gasteiger partial charge in [0.05, 0.1) is 0 Å². The second-order valence-corrected chi connectivity index (χ2v) is 10.8. The summed E-state index contributed by atoms with van der Waals surface area (Å²) in [5.74, 6) is 1.15. The number of hydrogen-bond donors (Lipinski definition) is 2. The van der Waals surface area contributed by atoms with Gasteiger partial charge in [-0.15, -0.1) is 0 Å². The fourth-order valence-corrected chi connectivity index (χ4v) is 4.82. The van der Waals surface area contributed by atoms with E-state index in [2.05, 4.69) is 60.6 Å². The van der Waals surface area contributed by atoms with Crippen LogP contribution < -0.4 is 0 Å². The molecule has 2 heteroatoms. The van der Waals surface area contributed by atoms with Crippen molar-refractivity contribution in [3.63, 3.8) is 0 Å². The topological polar surface area (TPSA) is 40.5 Å². The first kappa shape index (κ1) is 21.7. The maximum Gasteiger partial charge on any atom is 0.119 e. The Morgan fingerprint density at radius 2 is 1.17 bits per heavy atom. The maximum atomic E-state index is 10.7. The third-order valence-corrected chi connectivity index (χ3v) is 6.35. The Kier molecular flexibility index (Phi) is 5.77. The maximum absolute atomic E-state index is 10.7. The molecular formula is C27H38O2. The van der Waals surface area contributed by atoms with Crippen LogP contribution in [0.5, 0.6) is 11.5 Å². The molecule has 2 N–H and O–H groups in total. The van der Waals surface area contributed by atoms with Crippen molar-refractivity contribution in [3.8, 4) is 11.5 Å². The predicted molar refractivity (Wildman–Crippen MR) is 122 cm³/mol. The Bertz CT molecular complexity index is 823. The molecule has 0 saturated carbocycles. The molecule has 1 aliphatic carbocycles. The normalized spacial score (nSPS) is 15.4. The Labute approximate surface area is 177 Å². The molecule has 0 bridgehead atoms. The lowest BCUT2D eigenvalue weighted by molar-refractivity contribution is 0.443. The van der Waals surface area contributed by atoms with E-state index >= 15 is 0 Å². The third-order valence-electron chi connectivity index (χ3n) is 6.35. The standard InChI is InChI=1S/C27H38O2/c1-8-10-19-20-15-22(26(2,3)4)24(28)13-17(20)11-9-12-18-14-25(29)23(16-21(18)19)27(5,6)7/h13-16,19,28-29H,8-12H2,1-7H3. The Morgan fingerprint density at radius 1 is 0.759 bits per heavy atom. The van der Waals surface area contributed by atoms with Crippen LogP contribution in [-0.2, 0) is 23.7 Å². The zero-order chi connectivity index (χ0) is 21.6. The van der Waals surface area contributed by atoms with Gasteiger partial charge in [-0.05, 0) is 82.0 Å². The van der Waals surface area contributed by atoms with Crippen LogP contribution in [0.2, 0.25) is 0 Å². The minimum atomic E-state index is -0.105. The van der Waals surface area contributed by atoms with E-state index in [1.54, 1.807) is 0 Å². The van der Waals surface area contributed by atoms with Crippen LogP contribution in [0.3, 0.4) is 0 Å². The van der Waals surface area contributed by atoms with Crippen LogP contribution >= 0.6 is 0 Å². The van der Waals surface area contributed by atoms with Gasteiger partial charge in [0.2, 0.25) is 0 Å². The lowest BCUT2D eigenvalue weighted by atomic mass is 9.74. The van der Waals surface area contributed by atoms with E-state index in [1.807, 2.05) is 12.1 Å². The molecule has 2 nitrogen and oxygen atoms in total. The molecule has 2 aromatic carbocycles. The summed E-state index contributed by atoms with van der Waals surface area (Å²) in [5, 5.41) is 21.5. The molecule has 0 aliphatic heterocycles. The molecule has 158 valence electrons. The van der Waals surface area contributed by atoms with E-state index in [0.717, 1.165) is 43.2 Å². The summed E-state index contributed by atoms with van der Waals surface area (Å²) >= 11 is 0. The molecule has 0 saturated heterocycles. The first-order valence-corrected chi connectivity index (χ1v) is 11.2. The van der Waals surface area contributed by atoms with Gasteiger partial charge in [-0.2, -0.15) is 0 Å². The van der Waals surface area contributed by atoms with Crippen LogP contribution in [-0.4, -0.2) is 10.2 Å². The number of phenols is 2. The Balaban J connectivity index is 2.28. The second-order valence-electron chi connectivity index (χ2n) is 10.8.